The summed E-state index contributed by atoms with van der Waals surface area (Å²) in [7, 11) is 0. The molecular weight excluding hydrogens is 563 g/mol. The molecule has 1 unspecified atom stereocenters. The number of alkyl halides is 3. The number of hydrogen-bond acceptors (Lipinski definition) is 7. The van der Waals surface area contributed by atoms with Crippen molar-refractivity contribution in [2.75, 3.05) is 57.3 Å². The summed E-state index contributed by atoms with van der Waals surface area (Å²) in [5.41, 5.74) is 0.264. The summed E-state index contributed by atoms with van der Waals surface area (Å²) in [6.07, 6.45) is -0.974. The lowest BCUT2D eigenvalue weighted by molar-refractivity contribution is -0.155. The molecule has 1 aromatic carbocycles. The normalized spacial score (nSPS) is 21.2. The average molecular weight is 610 g/mol. The summed E-state index contributed by atoms with van der Waals surface area (Å²) < 4.78 is 51.6. The lowest BCUT2D eigenvalue weighted by Crippen LogP contribution is -2.42. The van der Waals surface area contributed by atoms with Gasteiger partial charge in [0.25, 0.3) is 0 Å². The van der Waals surface area contributed by atoms with Gasteiger partial charge in [0.15, 0.2) is 0 Å². The second-order valence-corrected chi connectivity index (χ2v) is 13.0. The molecule has 1 amide bonds. The fourth-order valence-electron chi connectivity index (χ4n) is 6.50. The third kappa shape index (κ3) is 8.86. The van der Waals surface area contributed by atoms with Gasteiger partial charge in [-0.05, 0) is 90.0 Å². The predicted molar refractivity (Wildman–Crippen MR) is 157 cm³/mol. The van der Waals surface area contributed by atoms with Crippen molar-refractivity contribution >= 4 is 23.5 Å². The van der Waals surface area contributed by atoms with Gasteiger partial charge < -0.3 is 24.2 Å². The number of likely N-dealkylation sites (tertiary alicyclic amines) is 2. The second kappa shape index (κ2) is 13.9. The van der Waals surface area contributed by atoms with E-state index in [2.05, 4.69) is 4.90 Å². The number of hydrogen-bond donors (Lipinski definition) is 0. The Morgan fingerprint density at radius 3 is 2.16 bits per heavy atom. The van der Waals surface area contributed by atoms with Gasteiger partial charge in [0.05, 0.1) is 30.4 Å². The number of piperidine rings is 2. The smallest absolute Gasteiger partial charge is 0.416 e. The first kappa shape index (κ1) is 33.1. The molecule has 3 aliphatic rings. The number of carbonyl (C=O) groups is 3. The number of anilines is 1. The van der Waals surface area contributed by atoms with Crippen molar-refractivity contribution in [1.82, 2.24) is 9.80 Å². The van der Waals surface area contributed by atoms with E-state index < -0.39 is 17.3 Å². The molecule has 0 aliphatic carbocycles. The van der Waals surface area contributed by atoms with Crippen LogP contribution in [0.1, 0.15) is 83.3 Å². The molecule has 4 rings (SSSR count). The fraction of sp³-hybridized carbons (Fsp3) is 0.719. The summed E-state index contributed by atoms with van der Waals surface area (Å²) in [4.78, 5) is 43.6. The quantitative estimate of drug-likeness (QED) is 0.373. The number of carbonyl (C=O) groups excluding carboxylic acids is 3. The van der Waals surface area contributed by atoms with Gasteiger partial charge in [0.1, 0.15) is 5.60 Å². The molecule has 240 valence electrons. The highest BCUT2D eigenvalue weighted by Crippen LogP contribution is 2.40. The fourth-order valence-corrected chi connectivity index (χ4v) is 6.50. The molecule has 0 aromatic heterocycles. The second-order valence-electron chi connectivity index (χ2n) is 13.0. The molecular formula is C32H46F3N3O5. The Labute approximate surface area is 252 Å². The van der Waals surface area contributed by atoms with Gasteiger partial charge in [-0.1, -0.05) is 6.07 Å². The van der Waals surface area contributed by atoms with Gasteiger partial charge in [-0.2, -0.15) is 13.2 Å². The van der Waals surface area contributed by atoms with E-state index in [9.17, 15) is 27.6 Å². The van der Waals surface area contributed by atoms with Gasteiger partial charge in [-0.3, -0.25) is 14.4 Å². The molecule has 3 saturated heterocycles. The molecule has 3 heterocycles. The van der Waals surface area contributed by atoms with Crippen LogP contribution in [0.3, 0.4) is 0 Å². The Bertz CT molecular complexity index is 1140. The van der Waals surface area contributed by atoms with Crippen LogP contribution in [0.25, 0.3) is 0 Å². The van der Waals surface area contributed by atoms with Crippen LogP contribution in [-0.2, 0) is 30.0 Å². The summed E-state index contributed by atoms with van der Waals surface area (Å²) in [5, 5.41) is 0. The summed E-state index contributed by atoms with van der Waals surface area (Å²) in [6.45, 7) is 11.6. The molecule has 11 heteroatoms. The van der Waals surface area contributed by atoms with Gasteiger partial charge in [-0.15, -0.1) is 0 Å². The maximum Gasteiger partial charge on any atom is 0.416 e. The standard InChI is InChI=1S/C32H46F3N3O5/c1-5-42-30(41)23-11-16-37(17-12-23)27-20-25(32(33,34)35)6-7-26(27)22-9-18-38(19-10-22)29(40)24-8-14-36(21-24)15-13-28(39)43-31(2,3)4/h6-7,20,22-24H,5,8-19,21H2,1-4H3. The van der Waals surface area contributed by atoms with Gasteiger partial charge in [0.2, 0.25) is 5.91 Å². The highest BCUT2D eigenvalue weighted by molar-refractivity contribution is 5.79. The Morgan fingerprint density at radius 2 is 1.56 bits per heavy atom. The van der Waals surface area contributed by atoms with E-state index in [0.29, 0.717) is 83.7 Å². The lowest BCUT2D eigenvalue weighted by atomic mass is 9.86. The van der Waals surface area contributed by atoms with Crippen LogP contribution < -0.4 is 4.90 Å². The third-order valence-corrected chi connectivity index (χ3v) is 8.73. The third-order valence-electron chi connectivity index (χ3n) is 8.73. The summed E-state index contributed by atoms with van der Waals surface area (Å²) in [6, 6.07) is 4.02. The first-order valence-electron chi connectivity index (χ1n) is 15.6. The average Bonchev–Trinajstić information content (AvgIpc) is 3.43. The van der Waals surface area contributed by atoms with Crippen molar-refractivity contribution < 1.29 is 37.0 Å². The minimum absolute atomic E-state index is 0.0398. The van der Waals surface area contributed by atoms with Crippen molar-refractivity contribution in [2.24, 2.45) is 11.8 Å². The monoisotopic (exact) mass is 609 g/mol. The number of benzene rings is 1. The number of halogens is 3. The summed E-state index contributed by atoms with van der Waals surface area (Å²) >= 11 is 0. The van der Waals surface area contributed by atoms with Crippen LogP contribution in [0.2, 0.25) is 0 Å². The van der Waals surface area contributed by atoms with E-state index in [1.807, 2.05) is 30.6 Å². The molecule has 1 atom stereocenters. The summed E-state index contributed by atoms with van der Waals surface area (Å²) in [5.74, 6) is -0.668. The van der Waals surface area contributed by atoms with Crippen molar-refractivity contribution in [3.63, 3.8) is 0 Å². The van der Waals surface area contributed by atoms with Crippen LogP contribution in [0.4, 0.5) is 18.9 Å². The Kier molecular flexibility index (Phi) is 10.7. The zero-order chi connectivity index (χ0) is 31.4. The van der Waals surface area contributed by atoms with E-state index in [-0.39, 0.29) is 35.6 Å². The van der Waals surface area contributed by atoms with Crippen LogP contribution in [0.15, 0.2) is 18.2 Å². The van der Waals surface area contributed by atoms with Crippen molar-refractivity contribution in [3.05, 3.63) is 29.3 Å². The van der Waals surface area contributed by atoms with Gasteiger partial charge >= 0.3 is 18.1 Å². The molecule has 0 bridgehead atoms. The lowest BCUT2D eigenvalue weighted by Gasteiger charge is -2.38. The molecule has 3 aliphatic heterocycles. The molecule has 0 N–H and O–H groups in total. The molecule has 0 spiro atoms. The first-order valence-corrected chi connectivity index (χ1v) is 15.6. The minimum Gasteiger partial charge on any atom is -0.466 e. The minimum atomic E-state index is -4.45. The van der Waals surface area contributed by atoms with E-state index >= 15 is 0 Å². The zero-order valence-corrected chi connectivity index (χ0v) is 25.9. The number of esters is 2. The molecule has 43 heavy (non-hydrogen) atoms. The Morgan fingerprint density at radius 1 is 0.907 bits per heavy atom. The molecule has 1 aromatic rings. The van der Waals surface area contributed by atoms with Crippen LogP contribution in [-0.4, -0.2) is 85.7 Å². The van der Waals surface area contributed by atoms with E-state index in [1.165, 1.54) is 6.07 Å². The maximum absolute atomic E-state index is 13.7. The van der Waals surface area contributed by atoms with Crippen LogP contribution in [0, 0.1) is 11.8 Å². The van der Waals surface area contributed by atoms with Crippen molar-refractivity contribution in [3.8, 4) is 0 Å². The highest BCUT2D eigenvalue weighted by atomic mass is 19.4. The Hall–Kier alpha value is -2.82. The van der Waals surface area contributed by atoms with Crippen molar-refractivity contribution in [2.45, 2.75) is 83.9 Å². The molecule has 0 radical (unpaired) electrons. The molecule has 0 saturated carbocycles. The Balaban J connectivity index is 1.35. The van der Waals surface area contributed by atoms with E-state index in [1.54, 1.807) is 13.0 Å². The van der Waals surface area contributed by atoms with Gasteiger partial charge in [-0.25, -0.2) is 0 Å². The molecule has 8 nitrogen and oxygen atoms in total. The van der Waals surface area contributed by atoms with Gasteiger partial charge in [0, 0.05) is 45.0 Å². The van der Waals surface area contributed by atoms with Crippen molar-refractivity contribution in [1.29, 1.82) is 0 Å². The zero-order valence-electron chi connectivity index (χ0n) is 25.9. The number of amides is 1. The first-order chi connectivity index (χ1) is 20.2. The molecule has 3 fully saturated rings. The van der Waals surface area contributed by atoms with E-state index in [4.69, 9.17) is 9.47 Å². The van der Waals surface area contributed by atoms with E-state index in [0.717, 1.165) is 24.6 Å². The van der Waals surface area contributed by atoms with Crippen LogP contribution >= 0.6 is 0 Å². The number of rotatable bonds is 8. The largest absolute Gasteiger partial charge is 0.466 e. The SMILES string of the molecule is CCOC(=O)C1CCN(c2cc(C(F)(F)F)ccc2C2CCN(C(=O)C3CCN(CCC(=O)OC(C)(C)C)C3)CC2)CC1. The predicted octanol–water partition coefficient (Wildman–Crippen LogP) is 5.24. The number of ether oxygens (including phenoxy) is 2. The number of nitrogens with zero attached hydrogens (tertiary/aromatic N) is 3. The highest BCUT2D eigenvalue weighted by Gasteiger charge is 2.37. The van der Waals surface area contributed by atoms with Crippen LogP contribution in [0.5, 0.6) is 0 Å². The maximum atomic E-state index is 13.7. The topological polar surface area (TPSA) is 79.4 Å².